The summed E-state index contributed by atoms with van der Waals surface area (Å²) in [5.41, 5.74) is 1.80. The number of hydrogen-bond acceptors (Lipinski definition) is 6. The molecule has 0 aliphatic heterocycles. The van der Waals surface area contributed by atoms with Gasteiger partial charge in [0, 0.05) is 18.3 Å². The van der Waals surface area contributed by atoms with E-state index in [4.69, 9.17) is 9.47 Å². The number of aromatic nitrogens is 4. The van der Waals surface area contributed by atoms with Crippen molar-refractivity contribution in [1.82, 2.24) is 20.2 Å². The Morgan fingerprint density at radius 2 is 1.92 bits per heavy atom. The monoisotopic (exact) mass is 339 g/mol. The van der Waals surface area contributed by atoms with Gasteiger partial charge in [0.25, 0.3) is 5.91 Å². The molecule has 0 saturated heterocycles. The molecule has 0 fully saturated rings. The highest BCUT2D eigenvalue weighted by Gasteiger charge is 2.17. The largest absolute Gasteiger partial charge is 0.493 e. The molecule has 0 bridgehead atoms. The fourth-order valence-electron chi connectivity index (χ4n) is 2.47. The third kappa shape index (κ3) is 3.27. The van der Waals surface area contributed by atoms with Gasteiger partial charge in [-0.15, -0.1) is 5.10 Å². The number of tetrazole rings is 1. The molecular weight excluding hydrogens is 322 g/mol. The van der Waals surface area contributed by atoms with Gasteiger partial charge in [-0.25, -0.2) is 4.68 Å². The maximum absolute atomic E-state index is 12.6. The first-order chi connectivity index (χ1) is 12.1. The van der Waals surface area contributed by atoms with Crippen LogP contribution in [0.3, 0.4) is 0 Å². The van der Waals surface area contributed by atoms with E-state index in [2.05, 4.69) is 20.8 Å². The Hall–Kier alpha value is -3.42. The number of carbonyl (C=O) groups is 1. The van der Waals surface area contributed by atoms with Crippen molar-refractivity contribution in [3.05, 3.63) is 48.0 Å². The molecule has 0 unspecified atom stereocenters. The van der Waals surface area contributed by atoms with E-state index in [1.54, 1.807) is 42.1 Å². The molecule has 0 spiro atoms. The van der Waals surface area contributed by atoms with Gasteiger partial charge in [0.05, 0.1) is 19.8 Å². The smallest absolute Gasteiger partial charge is 0.259 e. The quantitative estimate of drug-likeness (QED) is 0.766. The molecule has 2 aromatic carbocycles. The lowest BCUT2D eigenvalue weighted by Crippen LogP contribution is -2.13. The summed E-state index contributed by atoms with van der Waals surface area (Å²) in [5, 5.41) is 14.3. The van der Waals surface area contributed by atoms with Crippen molar-refractivity contribution in [2.75, 3.05) is 19.5 Å². The molecule has 0 aliphatic carbocycles. The number of nitrogens with one attached hydrogen (secondary N) is 1. The second kappa shape index (κ2) is 7.00. The Kier molecular flexibility index (Phi) is 4.60. The average molecular weight is 339 g/mol. The minimum Gasteiger partial charge on any atom is -0.493 e. The number of methoxy groups -OCH3 is 2. The SMILES string of the molecule is COc1cccc(C(=O)Nc2cccc(-c3nnnn3C)c2)c1OC. The highest BCUT2D eigenvalue weighted by Crippen LogP contribution is 2.31. The first-order valence-corrected chi connectivity index (χ1v) is 7.49. The Balaban J connectivity index is 1.89. The van der Waals surface area contributed by atoms with Crippen molar-refractivity contribution in [3.8, 4) is 22.9 Å². The van der Waals surface area contributed by atoms with Crippen molar-refractivity contribution in [1.29, 1.82) is 0 Å². The number of aryl methyl sites for hydroxylation is 1. The highest BCUT2D eigenvalue weighted by molar-refractivity contribution is 6.07. The molecule has 128 valence electrons. The van der Waals surface area contributed by atoms with Gasteiger partial charge in [-0.1, -0.05) is 18.2 Å². The van der Waals surface area contributed by atoms with Crippen molar-refractivity contribution in [3.63, 3.8) is 0 Å². The molecule has 1 N–H and O–H groups in total. The zero-order valence-electron chi connectivity index (χ0n) is 14.1. The first-order valence-electron chi connectivity index (χ1n) is 7.49. The van der Waals surface area contributed by atoms with Gasteiger partial charge in [-0.2, -0.15) is 0 Å². The molecule has 25 heavy (non-hydrogen) atoms. The van der Waals surface area contributed by atoms with E-state index in [0.717, 1.165) is 5.56 Å². The predicted octanol–water partition coefficient (Wildman–Crippen LogP) is 2.15. The van der Waals surface area contributed by atoms with Crippen LogP contribution >= 0.6 is 0 Å². The third-order valence-corrected chi connectivity index (χ3v) is 3.65. The molecule has 0 aliphatic rings. The molecule has 1 heterocycles. The summed E-state index contributed by atoms with van der Waals surface area (Å²) in [5.74, 6) is 1.18. The summed E-state index contributed by atoms with van der Waals surface area (Å²) in [4.78, 5) is 12.6. The number of carbonyl (C=O) groups excluding carboxylic acids is 1. The van der Waals surface area contributed by atoms with Crippen LogP contribution in [0, 0.1) is 0 Å². The number of ether oxygens (including phenoxy) is 2. The van der Waals surface area contributed by atoms with E-state index in [1.165, 1.54) is 14.2 Å². The lowest BCUT2D eigenvalue weighted by molar-refractivity contribution is 0.102. The number of hydrogen-bond donors (Lipinski definition) is 1. The van der Waals surface area contributed by atoms with E-state index in [9.17, 15) is 4.79 Å². The standard InChI is InChI=1S/C17H17N5O3/c1-22-16(19-20-21-22)11-6-4-7-12(10-11)18-17(23)13-8-5-9-14(24-2)15(13)25-3/h4-10H,1-3H3,(H,18,23). The van der Waals surface area contributed by atoms with E-state index in [-0.39, 0.29) is 5.91 Å². The summed E-state index contributed by atoms with van der Waals surface area (Å²) >= 11 is 0. The van der Waals surface area contributed by atoms with Crippen LogP contribution in [-0.4, -0.2) is 40.3 Å². The normalized spacial score (nSPS) is 10.4. The zero-order chi connectivity index (χ0) is 17.8. The van der Waals surface area contributed by atoms with Crippen LogP contribution in [0.4, 0.5) is 5.69 Å². The highest BCUT2D eigenvalue weighted by atomic mass is 16.5. The number of anilines is 1. The van der Waals surface area contributed by atoms with Gasteiger partial charge in [-0.05, 0) is 34.7 Å². The summed E-state index contributed by atoms with van der Waals surface area (Å²) in [6.07, 6.45) is 0. The van der Waals surface area contributed by atoms with Gasteiger partial charge in [0.1, 0.15) is 0 Å². The number of rotatable bonds is 5. The maximum Gasteiger partial charge on any atom is 0.259 e. The Labute approximate surface area is 144 Å². The fraction of sp³-hybridized carbons (Fsp3) is 0.176. The minimum absolute atomic E-state index is 0.302. The number of nitrogens with zero attached hydrogens (tertiary/aromatic N) is 4. The van der Waals surface area contributed by atoms with Crippen LogP contribution in [0.15, 0.2) is 42.5 Å². The topological polar surface area (TPSA) is 91.2 Å². The van der Waals surface area contributed by atoms with E-state index < -0.39 is 0 Å². The van der Waals surface area contributed by atoms with Gasteiger partial charge >= 0.3 is 0 Å². The molecule has 8 nitrogen and oxygen atoms in total. The van der Waals surface area contributed by atoms with Gasteiger partial charge in [0.2, 0.25) is 0 Å². The van der Waals surface area contributed by atoms with Crippen LogP contribution in [0.2, 0.25) is 0 Å². The molecule has 3 rings (SSSR count). The molecule has 0 radical (unpaired) electrons. The molecule has 1 amide bonds. The van der Waals surface area contributed by atoms with Crippen LogP contribution < -0.4 is 14.8 Å². The first kappa shape index (κ1) is 16.4. The number of amides is 1. The predicted molar refractivity (Wildman–Crippen MR) is 91.7 cm³/mol. The Morgan fingerprint density at radius 1 is 1.12 bits per heavy atom. The lowest BCUT2D eigenvalue weighted by Gasteiger charge is -2.13. The Bertz CT molecular complexity index is 907. The summed E-state index contributed by atoms with van der Waals surface area (Å²) in [7, 11) is 4.77. The molecular formula is C17H17N5O3. The van der Waals surface area contributed by atoms with Crippen LogP contribution in [-0.2, 0) is 7.05 Å². The van der Waals surface area contributed by atoms with Crippen molar-refractivity contribution < 1.29 is 14.3 Å². The fourth-order valence-corrected chi connectivity index (χ4v) is 2.47. The average Bonchev–Trinajstić information content (AvgIpc) is 3.07. The summed E-state index contributed by atoms with van der Waals surface area (Å²) in [6, 6.07) is 12.4. The van der Waals surface area contributed by atoms with Gasteiger partial charge in [0.15, 0.2) is 17.3 Å². The zero-order valence-corrected chi connectivity index (χ0v) is 14.1. The van der Waals surface area contributed by atoms with E-state index in [1.807, 2.05) is 12.1 Å². The number of para-hydroxylation sites is 1. The second-order valence-corrected chi connectivity index (χ2v) is 5.20. The van der Waals surface area contributed by atoms with Crippen LogP contribution in [0.5, 0.6) is 11.5 Å². The van der Waals surface area contributed by atoms with Crippen LogP contribution in [0.1, 0.15) is 10.4 Å². The summed E-state index contributed by atoms with van der Waals surface area (Å²) < 4.78 is 12.1. The Morgan fingerprint density at radius 3 is 2.60 bits per heavy atom. The lowest BCUT2D eigenvalue weighted by atomic mass is 10.1. The van der Waals surface area contributed by atoms with E-state index >= 15 is 0 Å². The van der Waals surface area contributed by atoms with Crippen LogP contribution in [0.25, 0.3) is 11.4 Å². The summed E-state index contributed by atoms with van der Waals surface area (Å²) in [6.45, 7) is 0. The van der Waals surface area contributed by atoms with Crippen molar-refractivity contribution in [2.45, 2.75) is 0 Å². The maximum atomic E-state index is 12.6. The third-order valence-electron chi connectivity index (χ3n) is 3.65. The molecule has 0 saturated carbocycles. The van der Waals surface area contributed by atoms with Gasteiger partial charge < -0.3 is 14.8 Å². The molecule has 1 aromatic heterocycles. The van der Waals surface area contributed by atoms with Crippen molar-refractivity contribution >= 4 is 11.6 Å². The second-order valence-electron chi connectivity index (χ2n) is 5.20. The minimum atomic E-state index is -0.302. The molecule has 0 atom stereocenters. The molecule has 8 heteroatoms. The number of benzene rings is 2. The van der Waals surface area contributed by atoms with E-state index in [0.29, 0.717) is 28.6 Å². The molecule has 3 aromatic rings. The van der Waals surface area contributed by atoms with Gasteiger partial charge in [-0.3, -0.25) is 4.79 Å². The van der Waals surface area contributed by atoms with Crippen molar-refractivity contribution in [2.24, 2.45) is 7.05 Å².